The summed E-state index contributed by atoms with van der Waals surface area (Å²) in [5.41, 5.74) is 0.953. The molecule has 0 fully saturated rings. The summed E-state index contributed by atoms with van der Waals surface area (Å²) in [4.78, 5) is 4.12. The molecule has 20 heavy (non-hydrogen) atoms. The summed E-state index contributed by atoms with van der Waals surface area (Å²) in [7, 11) is 0. The monoisotopic (exact) mass is 293 g/mol. The molecule has 0 aliphatic carbocycles. The summed E-state index contributed by atoms with van der Waals surface area (Å²) in [6, 6.07) is 6.29. The Bertz CT molecular complexity index is 566. The summed E-state index contributed by atoms with van der Waals surface area (Å²) in [5, 5.41) is 10.7. The Hall–Kier alpha value is -2.02. The van der Waals surface area contributed by atoms with Gasteiger partial charge in [-0.05, 0) is 36.3 Å². The quantitative estimate of drug-likeness (QED) is 0.827. The summed E-state index contributed by atoms with van der Waals surface area (Å²) < 4.78 is 14.5. The van der Waals surface area contributed by atoms with E-state index < -0.39 is 0 Å². The van der Waals surface area contributed by atoms with Gasteiger partial charge in [-0.25, -0.2) is 14.1 Å². The van der Waals surface area contributed by atoms with Gasteiger partial charge in [0.05, 0.1) is 6.54 Å². The zero-order valence-electron chi connectivity index (χ0n) is 11.1. The lowest BCUT2D eigenvalue weighted by Gasteiger charge is -2.05. The predicted molar refractivity (Wildman–Crippen MR) is 80.0 cm³/mol. The number of nitrogens with zero attached hydrogens (tertiary/aromatic N) is 3. The Kier molecular flexibility index (Phi) is 5.00. The van der Waals surface area contributed by atoms with Gasteiger partial charge in [0.15, 0.2) is 5.11 Å². The van der Waals surface area contributed by atoms with Crippen LogP contribution in [0.3, 0.4) is 0 Å². The van der Waals surface area contributed by atoms with E-state index in [0.29, 0.717) is 17.6 Å². The normalized spacial score (nSPS) is 10.3. The van der Waals surface area contributed by atoms with Crippen molar-refractivity contribution in [2.45, 2.75) is 19.9 Å². The number of halogens is 1. The number of aromatic nitrogens is 3. The molecule has 2 rings (SSSR count). The van der Waals surface area contributed by atoms with E-state index in [-0.39, 0.29) is 5.82 Å². The molecule has 5 nitrogen and oxygen atoms in total. The van der Waals surface area contributed by atoms with E-state index in [1.807, 2.05) is 0 Å². The summed E-state index contributed by atoms with van der Waals surface area (Å²) in [5.74, 6) is 0.197. The van der Waals surface area contributed by atoms with Crippen LogP contribution in [0.4, 0.5) is 10.3 Å². The van der Waals surface area contributed by atoms with Gasteiger partial charge in [-0.1, -0.05) is 19.1 Å². The van der Waals surface area contributed by atoms with Gasteiger partial charge in [0.25, 0.3) is 0 Å². The third kappa shape index (κ3) is 4.27. The largest absolute Gasteiger partial charge is 0.362 e. The van der Waals surface area contributed by atoms with E-state index in [2.05, 4.69) is 27.6 Å². The van der Waals surface area contributed by atoms with E-state index in [9.17, 15) is 4.39 Å². The molecule has 0 radical (unpaired) electrons. The van der Waals surface area contributed by atoms with Crippen LogP contribution in [-0.4, -0.2) is 26.4 Å². The maximum atomic E-state index is 12.8. The second kappa shape index (κ2) is 6.95. The first-order valence-corrected chi connectivity index (χ1v) is 6.77. The van der Waals surface area contributed by atoms with Gasteiger partial charge in [0.2, 0.25) is 5.95 Å². The average molecular weight is 293 g/mol. The van der Waals surface area contributed by atoms with Crippen molar-refractivity contribution in [2.24, 2.45) is 0 Å². The first-order chi connectivity index (χ1) is 9.67. The van der Waals surface area contributed by atoms with Crippen molar-refractivity contribution in [3.05, 3.63) is 42.0 Å². The third-order valence-corrected chi connectivity index (χ3v) is 2.80. The Morgan fingerprint density at radius 3 is 2.80 bits per heavy atom. The average Bonchev–Trinajstić information content (AvgIpc) is 2.86. The Morgan fingerprint density at radius 2 is 2.10 bits per heavy atom. The Morgan fingerprint density at radius 1 is 1.35 bits per heavy atom. The van der Waals surface area contributed by atoms with Crippen molar-refractivity contribution in [3.8, 4) is 0 Å². The maximum Gasteiger partial charge on any atom is 0.248 e. The lowest BCUT2D eigenvalue weighted by atomic mass is 10.2. The number of benzene rings is 1. The minimum absolute atomic E-state index is 0.248. The number of hydrogen-bond acceptors (Lipinski definition) is 3. The fourth-order valence-corrected chi connectivity index (χ4v) is 1.78. The van der Waals surface area contributed by atoms with Gasteiger partial charge in [-0.15, -0.1) is 5.10 Å². The summed E-state index contributed by atoms with van der Waals surface area (Å²) in [6.07, 6.45) is 2.60. The first-order valence-electron chi connectivity index (χ1n) is 6.36. The molecule has 2 aromatic rings. The molecule has 1 heterocycles. The van der Waals surface area contributed by atoms with Crippen molar-refractivity contribution in [1.29, 1.82) is 0 Å². The van der Waals surface area contributed by atoms with Crippen LogP contribution in [0.5, 0.6) is 0 Å². The smallest absolute Gasteiger partial charge is 0.248 e. The minimum atomic E-state index is -0.248. The molecule has 1 aromatic carbocycles. The van der Waals surface area contributed by atoms with E-state index in [1.165, 1.54) is 12.1 Å². The van der Waals surface area contributed by atoms with E-state index in [1.54, 1.807) is 23.1 Å². The number of rotatable bonds is 5. The van der Waals surface area contributed by atoms with E-state index >= 15 is 0 Å². The number of hydrogen-bond donors (Lipinski definition) is 2. The van der Waals surface area contributed by atoms with Gasteiger partial charge in [0.1, 0.15) is 12.1 Å². The van der Waals surface area contributed by atoms with Gasteiger partial charge >= 0.3 is 0 Å². The standard InChI is InChI=1S/C13H16FN5S/c1-2-7-15-13(20)17-12-16-9-19(18-12)8-10-3-5-11(14)6-4-10/h3-6,9H,2,7-8H2,1H3,(H2,15,17,18,20). The van der Waals surface area contributed by atoms with Crippen molar-refractivity contribution in [2.75, 3.05) is 11.9 Å². The van der Waals surface area contributed by atoms with Gasteiger partial charge in [0, 0.05) is 6.54 Å². The Labute approximate surface area is 122 Å². The highest BCUT2D eigenvalue weighted by Crippen LogP contribution is 2.05. The predicted octanol–water partition coefficient (Wildman–Crippen LogP) is 2.16. The molecule has 106 valence electrons. The van der Waals surface area contributed by atoms with Crippen molar-refractivity contribution in [1.82, 2.24) is 20.1 Å². The van der Waals surface area contributed by atoms with Crippen LogP contribution >= 0.6 is 12.2 Å². The highest BCUT2D eigenvalue weighted by molar-refractivity contribution is 7.80. The van der Waals surface area contributed by atoms with Crippen LogP contribution < -0.4 is 10.6 Å². The van der Waals surface area contributed by atoms with Crippen LogP contribution in [0.15, 0.2) is 30.6 Å². The molecule has 0 atom stereocenters. The molecule has 0 saturated heterocycles. The van der Waals surface area contributed by atoms with Crippen LogP contribution in [0.1, 0.15) is 18.9 Å². The molecule has 1 aromatic heterocycles. The fraction of sp³-hybridized carbons (Fsp3) is 0.308. The molecule has 0 saturated carbocycles. The lowest BCUT2D eigenvalue weighted by Crippen LogP contribution is -2.29. The van der Waals surface area contributed by atoms with Crippen LogP contribution in [0.25, 0.3) is 0 Å². The SMILES string of the molecule is CCCNC(=S)Nc1ncn(Cc2ccc(F)cc2)n1. The zero-order valence-corrected chi connectivity index (χ0v) is 12.0. The molecule has 0 amide bonds. The van der Waals surface area contributed by atoms with Gasteiger partial charge < -0.3 is 5.32 Å². The second-order valence-corrected chi connectivity index (χ2v) is 4.68. The molecular formula is C13H16FN5S. The summed E-state index contributed by atoms with van der Waals surface area (Å²) >= 11 is 5.10. The van der Waals surface area contributed by atoms with Crippen LogP contribution in [-0.2, 0) is 6.54 Å². The third-order valence-electron chi connectivity index (χ3n) is 2.56. The highest BCUT2D eigenvalue weighted by atomic mass is 32.1. The molecule has 0 unspecified atom stereocenters. The van der Waals surface area contributed by atoms with Gasteiger partial charge in [-0.3, -0.25) is 5.32 Å². The number of anilines is 1. The fourth-order valence-electron chi connectivity index (χ4n) is 1.59. The van der Waals surface area contributed by atoms with Crippen molar-refractivity contribution in [3.63, 3.8) is 0 Å². The molecule has 0 aliphatic rings. The van der Waals surface area contributed by atoms with E-state index in [4.69, 9.17) is 12.2 Å². The molecule has 0 bridgehead atoms. The van der Waals surface area contributed by atoms with E-state index in [0.717, 1.165) is 18.5 Å². The zero-order chi connectivity index (χ0) is 14.4. The van der Waals surface area contributed by atoms with Crippen molar-refractivity contribution >= 4 is 23.3 Å². The van der Waals surface area contributed by atoms with Gasteiger partial charge in [-0.2, -0.15) is 0 Å². The number of nitrogens with one attached hydrogen (secondary N) is 2. The minimum Gasteiger partial charge on any atom is -0.362 e. The number of thiocarbonyl (C=S) groups is 1. The van der Waals surface area contributed by atoms with Crippen molar-refractivity contribution < 1.29 is 4.39 Å². The van der Waals surface area contributed by atoms with Crippen LogP contribution in [0.2, 0.25) is 0 Å². The van der Waals surface area contributed by atoms with Crippen LogP contribution in [0, 0.1) is 5.82 Å². The highest BCUT2D eigenvalue weighted by Gasteiger charge is 2.03. The Balaban J connectivity index is 1.91. The molecule has 7 heteroatoms. The first kappa shape index (κ1) is 14.4. The maximum absolute atomic E-state index is 12.8. The molecular weight excluding hydrogens is 277 g/mol. The molecule has 2 N–H and O–H groups in total. The second-order valence-electron chi connectivity index (χ2n) is 4.27. The molecule has 0 aliphatic heterocycles. The lowest BCUT2D eigenvalue weighted by molar-refractivity contribution is 0.624. The molecule has 0 spiro atoms. The summed E-state index contributed by atoms with van der Waals surface area (Å²) in [6.45, 7) is 3.40. The topological polar surface area (TPSA) is 54.8 Å².